The van der Waals surface area contributed by atoms with Crippen LogP contribution >= 0.6 is 45.8 Å². The molecular formula is C11H4Cl2F3IN2O. The zero-order valence-electron chi connectivity index (χ0n) is 9.38. The lowest BCUT2D eigenvalue weighted by molar-refractivity contribution is -0.274. The predicted molar refractivity (Wildman–Crippen MR) is 76.9 cm³/mol. The fourth-order valence-corrected chi connectivity index (χ4v) is 1.96. The first kappa shape index (κ1) is 15.6. The van der Waals surface area contributed by atoms with E-state index >= 15 is 0 Å². The number of alkyl halides is 3. The predicted octanol–water partition coefficient (Wildman–Crippen LogP) is 4.95. The van der Waals surface area contributed by atoms with E-state index in [1.54, 1.807) is 0 Å². The highest BCUT2D eigenvalue weighted by Gasteiger charge is 2.31. The maximum absolute atomic E-state index is 12.0. The first-order chi connectivity index (χ1) is 9.26. The van der Waals surface area contributed by atoms with Crippen molar-refractivity contribution in [2.24, 2.45) is 0 Å². The highest BCUT2D eigenvalue weighted by molar-refractivity contribution is 14.1. The van der Waals surface area contributed by atoms with E-state index in [1.165, 1.54) is 12.1 Å². The van der Waals surface area contributed by atoms with Crippen molar-refractivity contribution in [1.29, 1.82) is 0 Å². The second-order valence-electron chi connectivity index (χ2n) is 3.51. The van der Waals surface area contributed by atoms with Gasteiger partial charge in [-0.2, -0.15) is 0 Å². The lowest BCUT2D eigenvalue weighted by Crippen LogP contribution is -2.16. The van der Waals surface area contributed by atoms with E-state index in [4.69, 9.17) is 23.2 Å². The van der Waals surface area contributed by atoms with Crippen LogP contribution in [0.3, 0.4) is 0 Å². The number of hydrogen-bond acceptors (Lipinski definition) is 3. The maximum atomic E-state index is 12.0. The number of hydrogen-bond donors (Lipinski definition) is 0. The number of ether oxygens (including phenoxy) is 1. The van der Waals surface area contributed by atoms with Gasteiger partial charge in [-0.05, 0) is 46.9 Å². The molecule has 0 saturated carbocycles. The monoisotopic (exact) mass is 434 g/mol. The summed E-state index contributed by atoms with van der Waals surface area (Å²) in [6.45, 7) is 0. The second kappa shape index (κ2) is 5.90. The Morgan fingerprint density at radius 3 is 1.95 bits per heavy atom. The summed E-state index contributed by atoms with van der Waals surface area (Å²) in [5.41, 5.74) is 0.472. The summed E-state index contributed by atoms with van der Waals surface area (Å²) in [5, 5.41) is 0.354. The SMILES string of the molecule is FC(F)(F)Oc1ccc(-c2nc(Cl)c(I)c(Cl)n2)cc1. The summed E-state index contributed by atoms with van der Waals surface area (Å²) < 4.78 is 40.4. The molecule has 0 saturated heterocycles. The smallest absolute Gasteiger partial charge is 0.406 e. The van der Waals surface area contributed by atoms with Crippen LogP contribution in [0.25, 0.3) is 11.4 Å². The zero-order chi connectivity index (χ0) is 14.9. The maximum Gasteiger partial charge on any atom is 0.573 e. The Morgan fingerprint density at radius 2 is 1.50 bits per heavy atom. The van der Waals surface area contributed by atoms with Crippen LogP contribution in [0.1, 0.15) is 0 Å². The molecule has 106 valence electrons. The third-order valence-electron chi connectivity index (χ3n) is 2.12. The summed E-state index contributed by atoms with van der Waals surface area (Å²) in [4.78, 5) is 8.01. The molecule has 0 spiro atoms. The van der Waals surface area contributed by atoms with Crippen LogP contribution in [0, 0.1) is 3.57 Å². The van der Waals surface area contributed by atoms with Gasteiger partial charge in [0.2, 0.25) is 0 Å². The Balaban J connectivity index is 2.31. The molecule has 0 aliphatic rings. The van der Waals surface area contributed by atoms with Gasteiger partial charge >= 0.3 is 6.36 Å². The van der Waals surface area contributed by atoms with Crippen molar-refractivity contribution < 1.29 is 17.9 Å². The number of aromatic nitrogens is 2. The van der Waals surface area contributed by atoms with Gasteiger partial charge in [-0.3, -0.25) is 0 Å². The van der Waals surface area contributed by atoms with Crippen LogP contribution in [0.5, 0.6) is 5.75 Å². The van der Waals surface area contributed by atoms with E-state index in [0.29, 0.717) is 9.13 Å². The van der Waals surface area contributed by atoms with Crippen molar-refractivity contribution in [2.45, 2.75) is 6.36 Å². The van der Waals surface area contributed by atoms with Gasteiger partial charge in [-0.1, -0.05) is 23.2 Å². The average Bonchev–Trinajstić information content (AvgIpc) is 2.34. The molecule has 3 nitrogen and oxygen atoms in total. The molecule has 9 heteroatoms. The summed E-state index contributed by atoms with van der Waals surface area (Å²) in [6.07, 6.45) is -4.73. The van der Waals surface area contributed by atoms with Crippen LogP contribution in [0.2, 0.25) is 10.3 Å². The number of benzene rings is 1. The number of halogens is 6. The van der Waals surface area contributed by atoms with Crippen LogP contribution in [-0.2, 0) is 0 Å². The summed E-state index contributed by atoms with van der Waals surface area (Å²) in [5.74, 6) is -0.108. The Labute approximate surface area is 135 Å². The first-order valence-corrected chi connectivity index (χ1v) is 6.84. The van der Waals surface area contributed by atoms with Crippen molar-refractivity contribution in [1.82, 2.24) is 9.97 Å². The van der Waals surface area contributed by atoms with E-state index in [1.807, 2.05) is 22.6 Å². The quantitative estimate of drug-likeness (QED) is 0.495. The van der Waals surface area contributed by atoms with Gasteiger partial charge in [0.25, 0.3) is 0 Å². The number of nitrogens with zero attached hydrogens (tertiary/aromatic N) is 2. The molecule has 0 bridgehead atoms. The molecule has 1 aromatic carbocycles. The average molecular weight is 435 g/mol. The van der Waals surface area contributed by atoms with Gasteiger partial charge < -0.3 is 4.74 Å². The van der Waals surface area contributed by atoms with E-state index in [9.17, 15) is 13.2 Å². The van der Waals surface area contributed by atoms with Crippen molar-refractivity contribution in [3.8, 4) is 17.1 Å². The Bertz CT molecular complexity index is 612. The van der Waals surface area contributed by atoms with E-state index in [0.717, 1.165) is 12.1 Å². The molecule has 0 unspecified atom stereocenters. The highest BCUT2D eigenvalue weighted by Crippen LogP contribution is 2.28. The molecule has 0 amide bonds. The van der Waals surface area contributed by atoms with E-state index in [2.05, 4.69) is 14.7 Å². The summed E-state index contributed by atoms with van der Waals surface area (Å²) in [7, 11) is 0. The Hall–Kier alpha value is -0.800. The zero-order valence-corrected chi connectivity index (χ0v) is 13.0. The second-order valence-corrected chi connectivity index (χ2v) is 5.31. The Morgan fingerprint density at radius 1 is 1.00 bits per heavy atom. The van der Waals surface area contributed by atoms with E-state index < -0.39 is 6.36 Å². The van der Waals surface area contributed by atoms with Crippen LogP contribution in [-0.4, -0.2) is 16.3 Å². The highest BCUT2D eigenvalue weighted by atomic mass is 127. The molecule has 20 heavy (non-hydrogen) atoms. The van der Waals surface area contributed by atoms with Gasteiger partial charge in [-0.15, -0.1) is 13.2 Å². The third-order valence-corrected chi connectivity index (χ3v) is 4.32. The molecule has 0 N–H and O–H groups in total. The number of rotatable bonds is 2. The largest absolute Gasteiger partial charge is 0.573 e. The standard InChI is InChI=1S/C11H4Cl2F3IN2O/c12-8-7(17)9(13)19-10(18-8)5-1-3-6(4-2-5)20-11(14,15)16/h1-4H. The topological polar surface area (TPSA) is 35.0 Å². The van der Waals surface area contributed by atoms with Gasteiger partial charge in [-0.25, -0.2) is 9.97 Å². The minimum atomic E-state index is -4.73. The fourth-order valence-electron chi connectivity index (χ4n) is 1.33. The van der Waals surface area contributed by atoms with Crippen molar-refractivity contribution >= 4 is 45.8 Å². The van der Waals surface area contributed by atoms with Crippen LogP contribution < -0.4 is 4.74 Å². The van der Waals surface area contributed by atoms with Gasteiger partial charge in [0.15, 0.2) is 5.82 Å². The van der Waals surface area contributed by atoms with Crippen LogP contribution in [0.4, 0.5) is 13.2 Å². The third kappa shape index (κ3) is 3.86. The molecule has 0 radical (unpaired) electrons. The molecule has 2 aromatic rings. The van der Waals surface area contributed by atoms with Crippen LogP contribution in [0.15, 0.2) is 24.3 Å². The minimum absolute atomic E-state index is 0.177. The minimum Gasteiger partial charge on any atom is -0.406 e. The van der Waals surface area contributed by atoms with Crippen molar-refractivity contribution in [3.63, 3.8) is 0 Å². The van der Waals surface area contributed by atoms with Gasteiger partial charge in [0.1, 0.15) is 16.1 Å². The lowest BCUT2D eigenvalue weighted by Gasteiger charge is -2.09. The molecule has 0 aliphatic heterocycles. The molecule has 1 heterocycles. The van der Waals surface area contributed by atoms with Crippen molar-refractivity contribution in [2.75, 3.05) is 0 Å². The van der Waals surface area contributed by atoms with E-state index in [-0.39, 0.29) is 21.9 Å². The summed E-state index contributed by atoms with van der Waals surface area (Å²) in [6, 6.07) is 5.09. The molecule has 0 aliphatic carbocycles. The van der Waals surface area contributed by atoms with Gasteiger partial charge in [0, 0.05) is 5.56 Å². The lowest BCUT2D eigenvalue weighted by atomic mass is 10.2. The van der Waals surface area contributed by atoms with Gasteiger partial charge in [0.05, 0.1) is 3.57 Å². The normalized spacial score (nSPS) is 11.5. The molecular weight excluding hydrogens is 431 g/mol. The molecule has 0 fully saturated rings. The molecule has 1 aromatic heterocycles. The molecule has 0 atom stereocenters. The molecule has 2 rings (SSSR count). The summed E-state index contributed by atoms with van der Waals surface area (Å²) >= 11 is 13.6. The van der Waals surface area contributed by atoms with Crippen molar-refractivity contribution in [3.05, 3.63) is 38.1 Å². The first-order valence-electron chi connectivity index (χ1n) is 5.01. The Kier molecular flexibility index (Phi) is 4.60. The fraction of sp³-hybridized carbons (Fsp3) is 0.0909.